The number of hydrogen-bond donors (Lipinski definition) is 1. The van der Waals surface area contributed by atoms with Gasteiger partial charge in [-0.2, -0.15) is 4.31 Å². The van der Waals surface area contributed by atoms with E-state index in [1.54, 1.807) is 0 Å². The van der Waals surface area contributed by atoms with Crippen molar-refractivity contribution >= 4 is 16.0 Å². The first-order valence-corrected chi connectivity index (χ1v) is 8.06. The van der Waals surface area contributed by atoms with Crippen LogP contribution in [0.3, 0.4) is 0 Å². The highest BCUT2D eigenvalue weighted by atomic mass is 32.2. The molecule has 0 aliphatic carbocycles. The Morgan fingerprint density at radius 3 is 2.42 bits per heavy atom. The lowest BCUT2D eigenvalue weighted by atomic mass is 10.3. The maximum Gasteiger partial charge on any atom is 0.304 e. The molecule has 1 fully saturated rings. The lowest BCUT2D eigenvalue weighted by Crippen LogP contribution is -2.49. The van der Waals surface area contributed by atoms with Gasteiger partial charge in [0.15, 0.2) is 0 Å². The molecule has 1 heterocycles. The number of rotatable bonds is 8. The number of sulfonamides is 1. The summed E-state index contributed by atoms with van der Waals surface area (Å²) in [7, 11) is -3.24. The fraction of sp³-hybridized carbons (Fsp3) is 0.909. The van der Waals surface area contributed by atoms with Gasteiger partial charge in [-0.1, -0.05) is 0 Å². The topological polar surface area (TPSA) is 87.2 Å². The number of ether oxygens (including phenoxy) is 1. The Balaban J connectivity index is 2.34. The number of hydrogen-bond acceptors (Lipinski definition) is 5. The van der Waals surface area contributed by atoms with Gasteiger partial charge in [0, 0.05) is 39.3 Å². The van der Waals surface area contributed by atoms with Crippen molar-refractivity contribution < 1.29 is 23.1 Å². The molecule has 1 rings (SSSR count). The van der Waals surface area contributed by atoms with E-state index in [1.807, 2.05) is 11.8 Å². The minimum atomic E-state index is -3.24. The Bertz CT molecular complexity index is 377. The third kappa shape index (κ3) is 5.85. The smallest absolute Gasteiger partial charge is 0.304 e. The minimum absolute atomic E-state index is 0.00989. The molecule has 1 saturated heterocycles. The molecular formula is C11H22N2O5S. The molecule has 0 radical (unpaired) electrons. The molecule has 0 unspecified atom stereocenters. The van der Waals surface area contributed by atoms with Crippen LogP contribution in [0.1, 0.15) is 13.3 Å². The summed E-state index contributed by atoms with van der Waals surface area (Å²) in [6, 6.07) is 0. The Labute approximate surface area is 114 Å². The average Bonchev–Trinajstić information content (AvgIpc) is 2.37. The van der Waals surface area contributed by atoms with E-state index >= 15 is 0 Å². The average molecular weight is 294 g/mol. The number of carboxylic acids is 1. The van der Waals surface area contributed by atoms with E-state index in [0.717, 1.165) is 0 Å². The third-order valence-electron chi connectivity index (χ3n) is 3.06. The molecule has 1 N–H and O–H groups in total. The number of carbonyl (C=O) groups is 1. The van der Waals surface area contributed by atoms with E-state index in [4.69, 9.17) is 9.84 Å². The Morgan fingerprint density at radius 1 is 1.26 bits per heavy atom. The van der Waals surface area contributed by atoms with Gasteiger partial charge in [-0.25, -0.2) is 8.42 Å². The van der Waals surface area contributed by atoms with Gasteiger partial charge in [-0.05, 0) is 6.92 Å². The third-order valence-corrected chi connectivity index (χ3v) is 4.89. The van der Waals surface area contributed by atoms with E-state index in [1.165, 1.54) is 4.31 Å². The summed E-state index contributed by atoms with van der Waals surface area (Å²) in [6.07, 6.45) is 0.0943. The van der Waals surface area contributed by atoms with E-state index in [2.05, 4.69) is 0 Å². The zero-order valence-electron chi connectivity index (χ0n) is 11.2. The Kier molecular flexibility index (Phi) is 6.70. The van der Waals surface area contributed by atoms with Crippen LogP contribution in [0.25, 0.3) is 0 Å². The predicted molar refractivity (Wildman–Crippen MR) is 70.5 cm³/mol. The fourth-order valence-electron chi connectivity index (χ4n) is 1.92. The van der Waals surface area contributed by atoms with E-state index < -0.39 is 16.0 Å². The quantitative estimate of drug-likeness (QED) is 0.604. The van der Waals surface area contributed by atoms with Crippen molar-refractivity contribution in [1.29, 1.82) is 0 Å². The fourth-order valence-corrected chi connectivity index (χ4v) is 3.23. The summed E-state index contributed by atoms with van der Waals surface area (Å²) in [6.45, 7) is 5.05. The summed E-state index contributed by atoms with van der Waals surface area (Å²) in [5.74, 6) is -0.817. The summed E-state index contributed by atoms with van der Waals surface area (Å²) in [5, 5.41) is 8.60. The summed E-state index contributed by atoms with van der Waals surface area (Å²) in [5.41, 5.74) is 0. The lowest BCUT2D eigenvalue weighted by molar-refractivity contribution is -0.137. The summed E-state index contributed by atoms with van der Waals surface area (Å²) < 4.78 is 30.5. The second kappa shape index (κ2) is 7.78. The molecule has 0 aromatic carbocycles. The van der Waals surface area contributed by atoms with Crippen LogP contribution in [0.2, 0.25) is 0 Å². The van der Waals surface area contributed by atoms with Gasteiger partial charge in [0.2, 0.25) is 10.0 Å². The van der Waals surface area contributed by atoms with Crippen LogP contribution in [0, 0.1) is 0 Å². The van der Waals surface area contributed by atoms with Gasteiger partial charge in [0.25, 0.3) is 0 Å². The number of aliphatic carboxylic acids is 1. The van der Waals surface area contributed by atoms with Gasteiger partial charge >= 0.3 is 5.97 Å². The zero-order valence-corrected chi connectivity index (χ0v) is 12.1. The monoisotopic (exact) mass is 294 g/mol. The standard InChI is InChI=1S/C11H22N2O5S/c1-2-18-9-10-19(16,17)13-7-5-12(6-8-13)4-3-11(14)15/h2-10H2,1H3,(H,14,15). The molecule has 0 aromatic heterocycles. The van der Waals surface area contributed by atoms with Crippen LogP contribution >= 0.6 is 0 Å². The molecule has 1 aliphatic heterocycles. The van der Waals surface area contributed by atoms with E-state index in [-0.39, 0.29) is 18.8 Å². The van der Waals surface area contributed by atoms with Crippen molar-refractivity contribution in [2.45, 2.75) is 13.3 Å². The zero-order chi connectivity index (χ0) is 14.3. The van der Waals surface area contributed by atoms with Crippen LogP contribution in [0.4, 0.5) is 0 Å². The molecule has 19 heavy (non-hydrogen) atoms. The molecule has 112 valence electrons. The Morgan fingerprint density at radius 2 is 1.89 bits per heavy atom. The van der Waals surface area contributed by atoms with Crippen molar-refractivity contribution in [3.05, 3.63) is 0 Å². The maximum atomic E-state index is 12.0. The largest absolute Gasteiger partial charge is 0.481 e. The molecule has 0 aromatic rings. The van der Waals surface area contributed by atoms with Crippen LogP contribution in [0.5, 0.6) is 0 Å². The van der Waals surface area contributed by atoms with Gasteiger partial charge in [-0.3, -0.25) is 4.79 Å². The molecule has 1 aliphatic rings. The molecule has 0 spiro atoms. The van der Waals surface area contributed by atoms with Crippen molar-refractivity contribution in [1.82, 2.24) is 9.21 Å². The van der Waals surface area contributed by atoms with Gasteiger partial charge in [0.1, 0.15) is 0 Å². The van der Waals surface area contributed by atoms with Crippen molar-refractivity contribution in [2.24, 2.45) is 0 Å². The molecule has 0 amide bonds. The van der Waals surface area contributed by atoms with Crippen molar-refractivity contribution in [2.75, 3.05) is 51.7 Å². The van der Waals surface area contributed by atoms with E-state index in [0.29, 0.717) is 39.3 Å². The van der Waals surface area contributed by atoms with Gasteiger partial charge < -0.3 is 14.7 Å². The summed E-state index contributed by atoms with van der Waals surface area (Å²) >= 11 is 0. The van der Waals surface area contributed by atoms with Gasteiger partial charge in [0.05, 0.1) is 18.8 Å². The lowest BCUT2D eigenvalue weighted by Gasteiger charge is -2.33. The SMILES string of the molecule is CCOCCS(=O)(=O)N1CCN(CCC(=O)O)CC1. The first-order valence-electron chi connectivity index (χ1n) is 6.45. The van der Waals surface area contributed by atoms with Crippen LogP contribution < -0.4 is 0 Å². The Hall–Kier alpha value is -0.700. The number of carboxylic acid groups (broad SMARTS) is 1. The highest BCUT2D eigenvalue weighted by molar-refractivity contribution is 7.89. The van der Waals surface area contributed by atoms with Gasteiger partial charge in [-0.15, -0.1) is 0 Å². The second-order valence-corrected chi connectivity index (χ2v) is 6.49. The molecule has 0 bridgehead atoms. The highest BCUT2D eigenvalue weighted by Crippen LogP contribution is 2.08. The van der Waals surface area contributed by atoms with Crippen molar-refractivity contribution in [3.63, 3.8) is 0 Å². The molecule has 0 saturated carbocycles. The molecule has 7 nitrogen and oxygen atoms in total. The first-order chi connectivity index (χ1) is 8.95. The van der Waals surface area contributed by atoms with Crippen LogP contribution in [0.15, 0.2) is 0 Å². The van der Waals surface area contributed by atoms with Crippen LogP contribution in [-0.2, 0) is 19.6 Å². The molecule has 8 heteroatoms. The second-order valence-electron chi connectivity index (χ2n) is 4.40. The normalized spacial score (nSPS) is 18.6. The number of nitrogens with zero attached hydrogens (tertiary/aromatic N) is 2. The molecule has 0 atom stereocenters. The van der Waals surface area contributed by atoms with Crippen LogP contribution in [-0.4, -0.2) is 80.4 Å². The predicted octanol–water partition coefficient (Wildman–Crippen LogP) is -0.555. The minimum Gasteiger partial charge on any atom is -0.481 e. The highest BCUT2D eigenvalue weighted by Gasteiger charge is 2.26. The summed E-state index contributed by atoms with van der Waals surface area (Å²) in [4.78, 5) is 12.4. The maximum absolute atomic E-state index is 12.0. The van der Waals surface area contributed by atoms with Crippen molar-refractivity contribution in [3.8, 4) is 0 Å². The molecular weight excluding hydrogens is 272 g/mol. The number of piperazine rings is 1. The van der Waals surface area contributed by atoms with E-state index in [9.17, 15) is 13.2 Å². The first kappa shape index (κ1) is 16.4.